The number of piperidine rings is 1. The van der Waals surface area contributed by atoms with Crippen molar-refractivity contribution in [3.63, 3.8) is 0 Å². The van der Waals surface area contributed by atoms with Gasteiger partial charge in [-0.2, -0.15) is 5.26 Å². The summed E-state index contributed by atoms with van der Waals surface area (Å²) in [5.41, 5.74) is 0.559. The lowest BCUT2D eigenvalue weighted by Gasteiger charge is -2.37. The maximum absolute atomic E-state index is 13.1. The lowest BCUT2D eigenvalue weighted by Crippen LogP contribution is -2.55. The van der Waals surface area contributed by atoms with Gasteiger partial charge in [0.25, 0.3) is 11.8 Å². The van der Waals surface area contributed by atoms with Crippen LogP contribution < -0.4 is 5.32 Å². The molecule has 4 amide bonds. The molecule has 1 spiro atoms. The van der Waals surface area contributed by atoms with Crippen LogP contribution in [0.15, 0.2) is 48.5 Å². The normalized spacial score (nSPS) is 17.7. The second kappa shape index (κ2) is 7.81. The van der Waals surface area contributed by atoms with Crippen molar-refractivity contribution in [2.75, 3.05) is 13.1 Å². The maximum Gasteiger partial charge on any atom is 0.325 e. The highest BCUT2D eigenvalue weighted by Gasteiger charge is 2.52. The topological polar surface area (TPSA) is 93.5 Å². The van der Waals surface area contributed by atoms with Crippen LogP contribution in [0.2, 0.25) is 5.02 Å². The van der Waals surface area contributed by atoms with E-state index in [1.54, 1.807) is 53.4 Å². The van der Waals surface area contributed by atoms with Gasteiger partial charge in [0, 0.05) is 23.7 Å². The Hall–Kier alpha value is -3.37. The molecular weight excluding hydrogens is 404 g/mol. The largest absolute Gasteiger partial charge is 0.338 e. The van der Waals surface area contributed by atoms with Crippen LogP contribution in [0.25, 0.3) is 0 Å². The van der Waals surface area contributed by atoms with E-state index in [9.17, 15) is 14.4 Å². The Kier molecular flexibility index (Phi) is 5.18. The van der Waals surface area contributed by atoms with Gasteiger partial charge >= 0.3 is 6.03 Å². The van der Waals surface area contributed by atoms with Gasteiger partial charge in [0.2, 0.25) is 0 Å². The molecule has 2 aromatic rings. The molecule has 8 heteroatoms. The molecule has 152 valence electrons. The molecule has 0 atom stereocenters. The van der Waals surface area contributed by atoms with Crippen molar-refractivity contribution < 1.29 is 14.4 Å². The van der Waals surface area contributed by atoms with Crippen LogP contribution in [0.4, 0.5) is 4.79 Å². The highest BCUT2D eigenvalue weighted by atomic mass is 35.5. The third-order valence-electron chi connectivity index (χ3n) is 5.68. The van der Waals surface area contributed by atoms with E-state index >= 15 is 0 Å². The first-order valence-electron chi connectivity index (χ1n) is 9.60. The molecule has 2 aromatic carbocycles. The molecule has 0 saturated carbocycles. The van der Waals surface area contributed by atoms with Gasteiger partial charge in [0.1, 0.15) is 5.54 Å². The summed E-state index contributed by atoms with van der Waals surface area (Å²) in [5, 5.41) is 12.4. The predicted octanol–water partition coefficient (Wildman–Crippen LogP) is 2.94. The van der Waals surface area contributed by atoms with E-state index in [4.69, 9.17) is 16.9 Å². The molecule has 30 heavy (non-hydrogen) atoms. The first-order valence-corrected chi connectivity index (χ1v) is 9.98. The van der Waals surface area contributed by atoms with Crippen molar-refractivity contribution in [2.45, 2.75) is 24.9 Å². The van der Waals surface area contributed by atoms with Crippen LogP contribution in [0.1, 0.15) is 34.3 Å². The zero-order valence-electron chi connectivity index (χ0n) is 16.1. The third-order valence-corrected chi connectivity index (χ3v) is 6.04. The van der Waals surface area contributed by atoms with Gasteiger partial charge in [0.15, 0.2) is 0 Å². The Balaban J connectivity index is 1.45. The molecule has 0 unspecified atom stereocenters. The highest BCUT2D eigenvalue weighted by Crippen LogP contribution is 2.31. The Morgan fingerprint density at radius 3 is 2.57 bits per heavy atom. The summed E-state index contributed by atoms with van der Waals surface area (Å²) in [6, 6.07) is 15.2. The number of nitrogens with zero attached hydrogens (tertiary/aromatic N) is 3. The van der Waals surface area contributed by atoms with Crippen molar-refractivity contribution in [1.29, 1.82) is 5.26 Å². The summed E-state index contributed by atoms with van der Waals surface area (Å²) in [5.74, 6) is -0.474. The van der Waals surface area contributed by atoms with Crippen LogP contribution in [-0.2, 0) is 11.3 Å². The fourth-order valence-corrected chi connectivity index (χ4v) is 4.15. The summed E-state index contributed by atoms with van der Waals surface area (Å²) in [4.78, 5) is 41.2. The van der Waals surface area contributed by atoms with Gasteiger partial charge in [-0.15, -0.1) is 0 Å². The van der Waals surface area contributed by atoms with E-state index in [2.05, 4.69) is 5.32 Å². The second-order valence-electron chi connectivity index (χ2n) is 7.48. The lowest BCUT2D eigenvalue weighted by molar-refractivity contribution is -0.133. The summed E-state index contributed by atoms with van der Waals surface area (Å²) < 4.78 is 0. The Bertz CT molecular complexity index is 1070. The molecule has 2 saturated heterocycles. The lowest BCUT2D eigenvalue weighted by atomic mass is 9.87. The van der Waals surface area contributed by atoms with Gasteiger partial charge in [0.05, 0.1) is 18.2 Å². The Morgan fingerprint density at radius 1 is 1.13 bits per heavy atom. The highest BCUT2D eigenvalue weighted by molar-refractivity contribution is 6.31. The number of halogens is 1. The van der Waals surface area contributed by atoms with Crippen molar-refractivity contribution in [2.24, 2.45) is 0 Å². The average Bonchev–Trinajstić information content (AvgIpc) is 2.99. The molecule has 0 aliphatic carbocycles. The number of imide groups is 1. The number of hydrogen-bond donors (Lipinski definition) is 1. The minimum atomic E-state index is -0.996. The zero-order chi connectivity index (χ0) is 21.3. The van der Waals surface area contributed by atoms with E-state index in [0.717, 1.165) is 0 Å². The minimum absolute atomic E-state index is 0.107. The van der Waals surface area contributed by atoms with Gasteiger partial charge in [-0.3, -0.25) is 14.5 Å². The molecule has 2 fully saturated rings. The minimum Gasteiger partial charge on any atom is -0.338 e. The van der Waals surface area contributed by atoms with Crippen molar-refractivity contribution in [3.05, 3.63) is 70.2 Å². The van der Waals surface area contributed by atoms with E-state index in [0.29, 0.717) is 47.6 Å². The summed E-state index contributed by atoms with van der Waals surface area (Å²) in [6.07, 6.45) is 0.667. The molecule has 0 radical (unpaired) electrons. The Morgan fingerprint density at radius 2 is 1.87 bits per heavy atom. The van der Waals surface area contributed by atoms with Crippen LogP contribution in [0, 0.1) is 11.3 Å². The van der Waals surface area contributed by atoms with Crippen molar-refractivity contribution in [1.82, 2.24) is 15.1 Å². The molecule has 1 N–H and O–H groups in total. The van der Waals surface area contributed by atoms with E-state index in [1.165, 1.54) is 4.90 Å². The molecule has 2 aliphatic rings. The van der Waals surface area contributed by atoms with Crippen molar-refractivity contribution >= 4 is 29.4 Å². The van der Waals surface area contributed by atoms with Gasteiger partial charge in [-0.25, -0.2) is 4.79 Å². The van der Waals surface area contributed by atoms with Gasteiger partial charge < -0.3 is 10.2 Å². The summed E-state index contributed by atoms with van der Waals surface area (Å²) in [6.45, 7) is 0.777. The number of carbonyl (C=O) groups is 3. The van der Waals surface area contributed by atoms with E-state index in [-0.39, 0.29) is 18.4 Å². The maximum atomic E-state index is 13.1. The number of hydrogen-bond acceptors (Lipinski definition) is 4. The van der Waals surface area contributed by atoms with E-state index < -0.39 is 11.6 Å². The summed E-state index contributed by atoms with van der Waals surface area (Å²) >= 11 is 6.18. The monoisotopic (exact) mass is 422 g/mol. The molecule has 0 aromatic heterocycles. The van der Waals surface area contributed by atoms with Gasteiger partial charge in [-0.05, 0) is 42.7 Å². The van der Waals surface area contributed by atoms with Crippen LogP contribution in [0.5, 0.6) is 0 Å². The van der Waals surface area contributed by atoms with Crippen LogP contribution >= 0.6 is 11.6 Å². The molecule has 7 nitrogen and oxygen atoms in total. The fraction of sp³-hybridized carbons (Fsp3) is 0.273. The number of nitrogens with one attached hydrogen (secondary N) is 1. The van der Waals surface area contributed by atoms with E-state index in [1.807, 2.05) is 6.07 Å². The summed E-state index contributed by atoms with van der Waals surface area (Å²) in [7, 11) is 0. The van der Waals surface area contributed by atoms with Crippen LogP contribution in [-0.4, -0.2) is 46.3 Å². The molecule has 2 heterocycles. The van der Waals surface area contributed by atoms with Crippen molar-refractivity contribution in [3.8, 4) is 6.07 Å². The SMILES string of the molecule is N#Cc1cccc(C(=O)N2CCC3(CC2)NC(=O)N(Cc2ccccc2Cl)C3=O)c1. The standard InChI is InChI=1S/C22H19ClN4O3/c23-18-7-2-1-5-17(18)14-27-20(29)22(25-21(27)30)8-10-26(11-9-22)19(28)16-6-3-4-15(12-16)13-24/h1-7,12H,8-11,14H2,(H,25,30). The fourth-order valence-electron chi connectivity index (χ4n) is 3.95. The number of carbonyl (C=O) groups excluding carboxylic acids is 3. The van der Waals surface area contributed by atoms with Gasteiger partial charge in [-0.1, -0.05) is 35.9 Å². The zero-order valence-corrected chi connectivity index (χ0v) is 16.9. The molecular formula is C22H19ClN4O3. The van der Waals surface area contributed by atoms with Crippen LogP contribution in [0.3, 0.4) is 0 Å². The first kappa shape index (κ1) is 19.9. The number of rotatable bonds is 3. The smallest absolute Gasteiger partial charge is 0.325 e. The molecule has 0 bridgehead atoms. The second-order valence-corrected chi connectivity index (χ2v) is 7.89. The quantitative estimate of drug-likeness (QED) is 0.769. The number of benzene rings is 2. The first-order chi connectivity index (χ1) is 14.4. The predicted molar refractivity (Wildman–Crippen MR) is 110 cm³/mol. The average molecular weight is 423 g/mol. The number of nitriles is 1. The number of likely N-dealkylation sites (tertiary alicyclic amines) is 1. The Labute approximate surface area is 178 Å². The molecule has 4 rings (SSSR count). The third kappa shape index (κ3) is 3.51. The number of amides is 4. The number of urea groups is 1. The molecule has 2 aliphatic heterocycles.